The van der Waals surface area contributed by atoms with E-state index >= 15 is 0 Å². The van der Waals surface area contributed by atoms with E-state index in [0.717, 1.165) is 18.8 Å². The summed E-state index contributed by atoms with van der Waals surface area (Å²) in [5, 5.41) is 8.65. The van der Waals surface area contributed by atoms with E-state index < -0.39 is 0 Å². The third-order valence-electron chi connectivity index (χ3n) is 2.49. The number of hydrogen-bond acceptors (Lipinski definition) is 3. The van der Waals surface area contributed by atoms with Crippen molar-refractivity contribution in [1.82, 2.24) is 0 Å². The second-order valence-corrected chi connectivity index (χ2v) is 3.74. The highest BCUT2D eigenvalue weighted by molar-refractivity contribution is 5.46. The molecular formula is C13H18N2O. The van der Waals surface area contributed by atoms with E-state index in [1.54, 1.807) is 7.11 Å². The van der Waals surface area contributed by atoms with Gasteiger partial charge in [0.25, 0.3) is 0 Å². The van der Waals surface area contributed by atoms with Crippen molar-refractivity contribution in [2.45, 2.75) is 19.4 Å². The average Bonchev–Trinajstić information content (AvgIpc) is 2.35. The molecule has 1 aromatic carbocycles. The minimum Gasteiger partial charge on any atom is -0.380 e. The molecule has 0 aliphatic rings. The van der Waals surface area contributed by atoms with Gasteiger partial charge in [-0.1, -0.05) is 18.2 Å². The van der Waals surface area contributed by atoms with Crippen molar-refractivity contribution in [2.24, 2.45) is 0 Å². The summed E-state index contributed by atoms with van der Waals surface area (Å²) in [4.78, 5) is 2.18. The number of methoxy groups -OCH3 is 1. The van der Waals surface area contributed by atoms with Gasteiger partial charge < -0.3 is 9.64 Å². The van der Waals surface area contributed by atoms with Crippen LogP contribution in [0.25, 0.3) is 0 Å². The molecule has 1 atom stereocenters. The number of benzene rings is 1. The second-order valence-electron chi connectivity index (χ2n) is 3.74. The molecule has 0 aromatic heterocycles. The fourth-order valence-electron chi connectivity index (χ4n) is 1.53. The summed E-state index contributed by atoms with van der Waals surface area (Å²) in [6, 6.07) is 12.3. The molecule has 3 heteroatoms. The van der Waals surface area contributed by atoms with Crippen molar-refractivity contribution in [3.05, 3.63) is 30.3 Å². The van der Waals surface area contributed by atoms with E-state index in [-0.39, 0.29) is 6.10 Å². The highest BCUT2D eigenvalue weighted by Gasteiger charge is 2.09. The van der Waals surface area contributed by atoms with Gasteiger partial charge in [-0.25, -0.2) is 0 Å². The summed E-state index contributed by atoms with van der Waals surface area (Å²) in [6.07, 6.45) is 0.699. The molecule has 86 valence electrons. The van der Waals surface area contributed by atoms with E-state index in [1.807, 2.05) is 25.1 Å². The first kappa shape index (κ1) is 12.5. The first-order valence-corrected chi connectivity index (χ1v) is 5.47. The lowest BCUT2D eigenvalue weighted by Gasteiger charge is -2.26. The van der Waals surface area contributed by atoms with Crippen molar-refractivity contribution in [1.29, 1.82) is 5.26 Å². The van der Waals surface area contributed by atoms with Gasteiger partial charge in [0.15, 0.2) is 0 Å². The summed E-state index contributed by atoms with van der Waals surface area (Å²) in [7, 11) is 1.71. The van der Waals surface area contributed by atoms with Gasteiger partial charge in [-0.3, -0.25) is 0 Å². The maximum Gasteiger partial charge on any atom is 0.0718 e. The maximum atomic E-state index is 8.65. The van der Waals surface area contributed by atoms with Gasteiger partial charge in [-0.2, -0.15) is 5.26 Å². The van der Waals surface area contributed by atoms with Crippen LogP contribution in [-0.2, 0) is 4.74 Å². The maximum absolute atomic E-state index is 8.65. The van der Waals surface area contributed by atoms with Crippen LogP contribution in [0.1, 0.15) is 13.3 Å². The number of rotatable bonds is 6. The second kappa shape index (κ2) is 6.86. The smallest absolute Gasteiger partial charge is 0.0718 e. The van der Waals surface area contributed by atoms with Crippen molar-refractivity contribution >= 4 is 5.69 Å². The van der Waals surface area contributed by atoms with E-state index in [1.165, 1.54) is 0 Å². The zero-order chi connectivity index (χ0) is 11.8. The van der Waals surface area contributed by atoms with Gasteiger partial charge >= 0.3 is 0 Å². The first-order valence-electron chi connectivity index (χ1n) is 5.47. The molecule has 16 heavy (non-hydrogen) atoms. The molecule has 0 amide bonds. The molecule has 0 radical (unpaired) electrons. The summed E-state index contributed by atoms with van der Waals surface area (Å²) < 4.78 is 5.26. The van der Waals surface area contributed by atoms with Crippen molar-refractivity contribution in [3.63, 3.8) is 0 Å². The minimum atomic E-state index is 0.166. The van der Waals surface area contributed by atoms with Gasteiger partial charge in [-0.15, -0.1) is 0 Å². The number of hydrogen-bond donors (Lipinski definition) is 0. The molecule has 1 rings (SSSR count). The zero-order valence-corrected chi connectivity index (χ0v) is 9.89. The molecule has 3 nitrogen and oxygen atoms in total. The molecule has 0 fully saturated rings. The van der Waals surface area contributed by atoms with Crippen LogP contribution in [0.15, 0.2) is 30.3 Å². The van der Waals surface area contributed by atoms with E-state index in [9.17, 15) is 0 Å². The molecule has 0 bridgehead atoms. The third-order valence-corrected chi connectivity index (χ3v) is 2.49. The Hall–Kier alpha value is -1.53. The van der Waals surface area contributed by atoms with Crippen LogP contribution in [0, 0.1) is 11.3 Å². The number of para-hydroxylation sites is 1. The molecule has 1 aromatic rings. The monoisotopic (exact) mass is 218 g/mol. The fraction of sp³-hybridized carbons (Fsp3) is 0.462. The van der Waals surface area contributed by atoms with Gasteiger partial charge in [0, 0.05) is 25.9 Å². The Morgan fingerprint density at radius 2 is 2.06 bits per heavy atom. The lowest BCUT2D eigenvalue weighted by atomic mass is 10.2. The van der Waals surface area contributed by atoms with Crippen LogP contribution in [-0.4, -0.2) is 26.3 Å². The Balaban J connectivity index is 2.68. The number of anilines is 1. The normalized spacial score (nSPS) is 11.8. The topological polar surface area (TPSA) is 36.3 Å². The van der Waals surface area contributed by atoms with Crippen LogP contribution in [0.2, 0.25) is 0 Å². The minimum absolute atomic E-state index is 0.166. The van der Waals surface area contributed by atoms with E-state index in [2.05, 4.69) is 23.1 Å². The van der Waals surface area contributed by atoms with Crippen LogP contribution >= 0.6 is 0 Å². The quantitative estimate of drug-likeness (QED) is 0.735. The summed E-state index contributed by atoms with van der Waals surface area (Å²) in [5.74, 6) is 0. The molecule has 1 unspecified atom stereocenters. The first-order chi connectivity index (χ1) is 7.77. The lowest BCUT2D eigenvalue weighted by Crippen LogP contribution is -2.32. The van der Waals surface area contributed by atoms with Crippen molar-refractivity contribution in [2.75, 3.05) is 25.1 Å². The van der Waals surface area contributed by atoms with E-state index in [4.69, 9.17) is 10.00 Å². The summed E-state index contributed by atoms with van der Waals surface area (Å²) >= 11 is 0. The molecule has 0 heterocycles. The highest BCUT2D eigenvalue weighted by atomic mass is 16.5. The summed E-state index contributed by atoms with van der Waals surface area (Å²) in [5.41, 5.74) is 1.14. The largest absolute Gasteiger partial charge is 0.380 e. The Labute approximate surface area is 97.3 Å². The van der Waals surface area contributed by atoms with Crippen LogP contribution in [0.3, 0.4) is 0 Å². The Morgan fingerprint density at radius 1 is 1.38 bits per heavy atom. The predicted molar refractivity (Wildman–Crippen MR) is 65.4 cm³/mol. The Bertz CT molecular complexity index is 332. The lowest BCUT2D eigenvalue weighted by molar-refractivity contribution is 0.123. The van der Waals surface area contributed by atoms with Crippen molar-refractivity contribution in [3.8, 4) is 6.07 Å². The predicted octanol–water partition coefficient (Wildman–Crippen LogP) is 2.44. The molecule has 0 aliphatic heterocycles. The van der Waals surface area contributed by atoms with Crippen LogP contribution in [0.5, 0.6) is 0 Å². The molecular weight excluding hydrogens is 200 g/mol. The van der Waals surface area contributed by atoms with Crippen LogP contribution in [0.4, 0.5) is 5.69 Å². The fourth-order valence-corrected chi connectivity index (χ4v) is 1.53. The highest BCUT2D eigenvalue weighted by Crippen LogP contribution is 2.14. The zero-order valence-electron chi connectivity index (χ0n) is 9.89. The average molecular weight is 218 g/mol. The standard InChI is InChI=1S/C13H18N2O/c1-12(16-2)11-15(10-6-9-14)13-7-4-3-5-8-13/h3-5,7-8,12H,6,10-11H2,1-2H3. The number of nitriles is 1. The summed E-state index contributed by atoms with van der Waals surface area (Å²) in [6.45, 7) is 3.58. The SMILES string of the molecule is COC(C)CN(CCC#N)c1ccccc1. The number of ether oxygens (including phenoxy) is 1. The van der Waals surface area contributed by atoms with Gasteiger partial charge in [0.1, 0.15) is 0 Å². The number of nitrogens with zero attached hydrogens (tertiary/aromatic N) is 2. The van der Waals surface area contributed by atoms with Crippen LogP contribution < -0.4 is 4.90 Å². The van der Waals surface area contributed by atoms with Gasteiger partial charge in [0.05, 0.1) is 18.6 Å². The van der Waals surface area contributed by atoms with Gasteiger partial charge in [0.2, 0.25) is 0 Å². The Morgan fingerprint density at radius 3 is 2.62 bits per heavy atom. The third kappa shape index (κ3) is 3.92. The van der Waals surface area contributed by atoms with Gasteiger partial charge in [-0.05, 0) is 19.1 Å². The molecule has 0 saturated carbocycles. The molecule has 0 aliphatic carbocycles. The van der Waals surface area contributed by atoms with E-state index in [0.29, 0.717) is 6.42 Å². The van der Waals surface area contributed by atoms with Crippen molar-refractivity contribution < 1.29 is 4.74 Å². The molecule has 0 N–H and O–H groups in total. The molecule has 0 spiro atoms. The molecule has 0 saturated heterocycles. The Kier molecular flexibility index (Phi) is 5.38.